The molecule has 2 rings (SSSR count). The zero-order valence-corrected chi connectivity index (χ0v) is 17.4. The van der Waals surface area contributed by atoms with Crippen molar-refractivity contribution >= 4 is 5.91 Å². The first-order valence-electron chi connectivity index (χ1n) is 10.9. The van der Waals surface area contributed by atoms with E-state index < -0.39 is 0 Å². The fraction of sp³-hybridized carbons (Fsp3) is 0.783. The van der Waals surface area contributed by atoms with Gasteiger partial charge in [0.2, 0.25) is 5.91 Å². The fourth-order valence-electron chi connectivity index (χ4n) is 4.60. The summed E-state index contributed by atoms with van der Waals surface area (Å²) in [5.74, 6) is 1.33. The molecule has 0 aliphatic heterocycles. The molecular formula is C23H39NO3. The third-order valence-corrected chi connectivity index (χ3v) is 6.25. The summed E-state index contributed by atoms with van der Waals surface area (Å²) in [7, 11) is 3.62. The molecule has 0 unspecified atom stereocenters. The van der Waals surface area contributed by atoms with Gasteiger partial charge < -0.3 is 15.1 Å². The van der Waals surface area contributed by atoms with Gasteiger partial charge in [0.05, 0.1) is 12.2 Å². The molecule has 0 spiro atoms. The van der Waals surface area contributed by atoms with Gasteiger partial charge in [-0.05, 0) is 50.4 Å². The van der Waals surface area contributed by atoms with Gasteiger partial charge in [-0.25, -0.2) is 0 Å². The Labute approximate surface area is 165 Å². The van der Waals surface area contributed by atoms with Crippen LogP contribution in [-0.4, -0.2) is 47.3 Å². The molecule has 2 aliphatic carbocycles. The molecule has 1 saturated carbocycles. The Kier molecular flexibility index (Phi) is 9.04. The van der Waals surface area contributed by atoms with E-state index in [4.69, 9.17) is 0 Å². The first-order chi connectivity index (χ1) is 12.9. The molecule has 0 aromatic carbocycles. The van der Waals surface area contributed by atoms with Gasteiger partial charge in [-0.2, -0.15) is 0 Å². The standard InChI is InChI=1S/C23H39NO3/c1-4-5-6-10-19(25)12-13-20-21-15-17(14-18(21)16-22(20)26)9-7-8-11-23(27)24(2)3/h12-14,18-22,25-26H,4-11,15-16H2,1-3H3/b13-12+/t18-,19+,20+,21-,22-/m1/s1. The normalized spacial score (nSPS) is 28.4. The molecule has 2 N–H and O–H groups in total. The second kappa shape index (κ2) is 11.0. The van der Waals surface area contributed by atoms with Crippen molar-refractivity contribution in [3.05, 3.63) is 23.8 Å². The van der Waals surface area contributed by atoms with Crippen molar-refractivity contribution in [2.75, 3.05) is 14.1 Å². The van der Waals surface area contributed by atoms with E-state index in [9.17, 15) is 15.0 Å². The van der Waals surface area contributed by atoms with E-state index >= 15 is 0 Å². The molecule has 0 bridgehead atoms. The number of fused-ring (bicyclic) bond motifs is 1. The van der Waals surface area contributed by atoms with Crippen LogP contribution >= 0.6 is 0 Å². The molecular weight excluding hydrogens is 338 g/mol. The summed E-state index contributed by atoms with van der Waals surface area (Å²) in [6, 6.07) is 0. The summed E-state index contributed by atoms with van der Waals surface area (Å²) in [5.41, 5.74) is 1.50. The van der Waals surface area contributed by atoms with Crippen LogP contribution in [0.5, 0.6) is 0 Å². The summed E-state index contributed by atoms with van der Waals surface area (Å²) in [4.78, 5) is 13.3. The van der Waals surface area contributed by atoms with Crippen molar-refractivity contribution in [3.8, 4) is 0 Å². The van der Waals surface area contributed by atoms with E-state index in [0.717, 1.165) is 51.4 Å². The molecule has 1 amide bonds. The van der Waals surface area contributed by atoms with E-state index in [1.165, 1.54) is 12.0 Å². The summed E-state index contributed by atoms with van der Waals surface area (Å²) in [6.07, 6.45) is 15.5. The third kappa shape index (κ3) is 6.76. The van der Waals surface area contributed by atoms with Crippen LogP contribution in [0.3, 0.4) is 0 Å². The van der Waals surface area contributed by atoms with Crippen molar-refractivity contribution in [1.29, 1.82) is 0 Å². The van der Waals surface area contributed by atoms with Gasteiger partial charge >= 0.3 is 0 Å². The summed E-state index contributed by atoms with van der Waals surface area (Å²) < 4.78 is 0. The molecule has 154 valence electrons. The van der Waals surface area contributed by atoms with Crippen LogP contribution in [0.4, 0.5) is 0 Å². The number of nitrogens with zero attached hydrogens (tertiary/aromatic N) is 1. The van der Waals surface area contributed by atoms with E-state index in [1.807, 2.05) is 20.2 Å². The van der Waals surface area contributed by atoms with E-state index in [-0.39, 0.29) is 24.0 Å². The quantitative estimate of drug-likeness (QED) is 0.421. The highest BCUT2D eigenvalue weighted by molar-refractivity contribution is 5.75. The average Bonchev–Trinajstić information content (AvgIpc) is 3.13. The number of hydrogen-bond acceptors (Lipinski definition) is 3. The van der Waals surface area contributed by atoms with Gasteiger partial charge in [0, 0.05) is 26.4 Å². The molecule has 0 heterocycles. The van der Waals surface area contributed by atoms with E-state index in [0.29, 0.717) is 18.3 Å². The maximum absolute atomic E-state index is 11.6. The highest BCUT2D eigenvalue weighted by atomic mass is 16.3. The van der Waals surface area contributed by atoms with Crippen LogP contribution in [0, 0.1) is 17.8 Å². The molecule has 0 radical (unpaired) electrons. The minimum absolute atomic E-state index is 0.167. The van der Waals surface area contributed by atoms with Gasteiger partial charge in [-0.3, -0.25) is 4.79 Å². The number of unbranched alkanes of at least 4 members (excludes halogenated alkanes) is 3. The Morgan fingerprint density at radius 3 is 2.78 bits per heavy atom. The van der Waals surface area contributed by atoms with Crippen LogP contribution in [0.2, 0.25) is 0 Å². The topological polar surface area (TPSA) is 60.8 Å². The summed E-state index contributed by atoms with van der Waals surface area (Å²) in [6.45, 7) is 2.17. The van der Waals surface area contributed by atoms with Crippen LogP contribution < -0.4 is 0 Å². The zero-order valence-electron chi connectivity index (χ0n) is 17.4. The van der Waals surface area contributed by atoms with Crippen molar-refractivity contribution in [2.24, 2.45) is 17.8 Å². The van der Waals surface area contributed by atoms with Gasteiger partial charge in [-0.15, -0.1) is 0 Å². The minimum Gasteiger partial charge on any atom is -0.392 e. The first kappa shape index (κ1) is 22.2. The predicted molar refractivity (Wildman–Crippen MR) is 110 cm³/mol. The van der Waals surface area contributed by atoms with Gasteiger partial charge in [0.15, 0.2) is 0 Å². The van der Waals surface area contributed by atoms with Crippen LogP contribution in [0.15, 0.2) is 23.8 Å². The summed E-state index contributed by atoms with van der Waals surface area (Å²) in [5, 5.41) is 20.6. The highest BCUT2D eigenvalue weighted by Crippen LogP contribution is 2.48. The second-order valence-corrected chi connectivity index (χ2v) is 8.68. The highest BCUT2D eigenvalue weighted by Gasteiger charge is 2.43. The number of amides is 1. The average molecular weight is 378 g/mol. The molecule has 0 aromatic rings. The van der Waals surface area contributed by atoms with E-state index in [1.54, 1.807) is 4.90 Å². The molecule has 4 heteroatoms. The Balaban J connectivity index is 1.76. The van der Waals surface area contributed by atoms with Gasteiger partial charge in [0.25, 0.3) is 0 Å². The van der Waals surface area contributed by atoms with E-state index in [2.05, 4.69) is 19.1 Å². The Bertz CT molecular complexity index is 526. The fourth-order valence-corrected chi connectivity index (χ4v) is 4.60. The molecule has 1 fully saturated rings. The molecule has 5 atom stereocenters. The number of hydrogen-bond donors (Lipinski definition) is 2. The Morgan fingerprint density at radius 2 is 2.07 bits per heavy atom. The lowest BCUT2D eigenvalue weighted by Crippen LogP contribution is -2.21. The van der Waals surface area contributed by atoms with Crippen LogP contribution in [0.25, 0.3) is 0 Å². The van der Waals surface area contributed by atoms with Gasteiger partial charge in [-0.1, -0.05) is 50.0 Å². The van der Waals surface area contributed by atoms with Crippen molar-refractivity contribution in [3.63, 3.8) is 0 Å². The zero-order chi connectivity index (χ0) is 19.8. The number of aliphatic hydroxyl groups is 2. The Hall–Kier alpha value is -1.13. The summed E-state index contributed by atoms with van der Waals surface area (Å²) >= 11 is 0. The molecule has 0 saturated heterocycles. The molecule has 27 heavy (non-hydrogen) atoms. The monoisotopic (exact) mass is 377 g/mol. The lowest BCUT2D eigenvalue weighted by molar-refractivity contribution is -0.128. The lowest BCUT2D eigenvalue weighted by atomic mass is 9.88. The minimum atomic E-state index is -0.383. The van der Waals surface area contributed by atoms with Crippen LogP contribution in [-0.2, 0) is 4.79 Å². The van der Waals surface area contributed by atoms with Crippen molar-refractivity contribution < 1.29 is 15.0 Å². The molecule has 0 aromatic heterocycles. The van der Waals surface area contributed by atoms with Crippen LogP contribution in [0.1, 0.15) is 71.1 Å². The van der Waals surface area contributed by atoms with Crippen molar-refractivity contribution in [1.82, 2.24) is 4.90 Å². The largest absolute Gasteiger partial charge is 0.392 e. The first-order valence-corrected chi connectivity index (χ1v) is 10.9. The smallest absolute Gasteiger partial charge is 0.222 e. The second-order valence-electron chi connectivity index (χ2n) is 8.68. The SMILES string of the molecule is CCCCC[C@H](O)/C=C/[C@H]1[C@@H]2CC(CCCCC(=O)N(C)C)=C[C@@H]2C[C@H]1O. The number of allylic oxidation sites excluding steroid dienone is 2. The van der Waals surface area contributed by atoms with Crippen molar-refractivity contribution in [2.45, 2.75) is 83.3 Å². The Morgan fingerprint density at radius 1 is 1.30 bits per heavy atom. The number of aliphatic hydroxyl groups excluding tert-OH is 2. The maximum atomic E-state index is 11.6. The maximum Gasteiger partial charge on any atom is 0.222 e. The number of rotatable bonds is 11. The van der Waals surface area contributed by atoms with Gasteiger partial charge in [0.1, 0.15) is 0 Å². The lowest BCUT2D eigenvalue weighted by Gasteiger charge is -2.19. The number of carbonyl (C=O) groups is 1. The molecule has 4 nitrogen and oxygen atoms in total. The number of carbonyl (C=O) groups excluding carboxylic acids is 1. The molecule has 2 aliphatic rings. The predicted octanol–water partition coefficient (Wildman–Crippen LogP) is 4.08. The third-order valence-electron chi connectivity index (χ3n) is 6.25.